The van der Waals surface area contributed by atoms with E-state index in [0.717, 1.165) is 0 Å². The molecule has 1 aromatic carbocycles. The second-order valence-corrected chi connectivity index (χ2v) is 4.33. The van der Waals surface area contributed by atoms with Gasteiger partial charge in [-0.15, -0.1) is 11.6 Å². The second kappa shape index (κ2) is 5.75. The van der Waals surface area contributed by atoms with Crippen LogP contribution >= 0.6 is 23.2 Å². The van der Waals surface area contributed by atoms with Crippen molar-refractivity contribution in [3.8, 4) is 11.4 Å². The molecule has 0 spiro atoms. The van der Waals surface area contributed by atoms with Gasteiger partial charge in [0.25, 0.3) is 6.43 Å². The van der Waals surface area contributed by atoms with Crippen molar-refractivity contribution in [2.45, 2.75) is 12.3 Å². The van der Waals surface area contributed by atoms with Crippen LogP contribution in [0.3, 0.4) is 0 Å². The van der Waals surface area contributed by atoms with Crippen LogP contribution in [0.15, 0.2) is 24.3 Å². The van der Waals surface area contributed by atoms with Crippen LogP contribution in [0.25, 0.3) is 5.69 Å². The van der Waals surface area contributed by atoms with E-state index in [9.17, 15) is 8.78 Å². The Morgan fingerprint density at radius 1 is 1.42 bits per heavy atom. The van der Waals surface area contributed by atoms with Gasteiger partial charge in [0.2, 0.25) is 0 Å². The minimum Gasteiger partial charge on any atom is -0.497 e. The SMILES string of the molecule is COc1cccc(-n2nc(C(F)F)c(CCl)c2Cl)c1. The Morgan fingerprint density at radius 2 is 2.16 bits per heavy atom. The molecule has 0 unspecified atom stereocenters. The highest BCUT2D eigenvalue weighted by molar-refractivity contribution is 6.31. The predicted molar refractivity (Wildman–Crippen MR) is 69.6 cm³/mol. The molecule has 1 heterocycles. The van der Waals surface area contributed by atoms with Crippen molar-refractivity contribution in [3.63, 3.8) is 0 Å². The lowest BCUT2D eigenvalue weighted by atomic mass is 10.3. The van der Waals surface area contributed by atoms with Gasteiger partial charge in [0.15, 0.2) is 0 Å². The van der Waals surface area contributed by atoms with Gasteiger partial charge in [-0.05, 0) is 12.1 Å². The quantitative estimate of drug-likeness (QED) is 0.791. The molecule has 102 valence electrons. The third-order valence-electron chi connectivity index (χ3n) is 2.59. The molecule has 3 nitrogen and oxygen atoms in total. The van der Waals surface area contributed by atoms with Crippen LogP contribution in [0.2, 0.25) is 5.15 Å². The Balaban J connectivity index is 2.55. The summed E-state index contributed by atoms with van der Waals surface area (Å²) < 4.78 is 32.0. The number of hydrogen-bond acceptors (Lipinski definition) is 2. The fraction of sp³-hybridized carbons (Fsp3) is 0.250. The zero-order valence-electron chi connectivity index (χ0n) is 9.91. The van der Waals surface area contributed by atoms with Crippen LogP contribution in [0.4, 0.5) is 8.78 Å². The van der Waals surface area contributed by atoms with Crippen LogP contribution < -0.4 is 4.74 Å². The standard InChI is InChI=1S/C12H10Cl2F2N2O/c1-19-8-4-2-3-7(5-8)18-11(14)9(6-13)10(17-18)12(15)16/h2-5,12H,6H2,1H3. The van der Waals surface area contributed by atoms with E-state index in [-0.39, 0.29) is 16.6 Å². The van der Waals surface area contributed by atoms with Crippen LogP contribution in [0, 0.1) is 0 Å². The van der Waals surface area contributed by atoms with Gasteiger partial charge in [0.1, 0.15) is 16.6 Å². The van der Waals surface area contributed by atoms with Crippen molar-refractivity contribution in [1.29, 1.82) is 0 Å². The maximum atomic E-state index is 12.9. The normalized spacial score (nSPS) is 11.1. The highest BCUT2D eigenvalue weighted by Gasteiger charge is 2.23. The molecule has 2 rings (SSSR count). The van der Waals surface area contributed by atoms with Crippen molar-refractivity contribution in [1.82, 2.24) is 9.78 Å². The number of rotatable bonds is 4. The molecule has 0 saturated carbocycles. The Morgan fingerprint density at radius 3 is 2.68 bits per heavy atom. The fourth-order valence-electron chi connectivity index (χ4n) is 1.66. The van der Waals surface area contributed by atoms with E-state index >= 15 is 0 Å². The van der Waals surface area contributed by atoms with E-state index in [2.05, 4.69) is 5.10 Å². The fourth-order valence-corrected chi connectivity index (χ4v) is 2.29. The van der Waals surface area contributed by atoms with Gasteiger partial charge in [-0.25, -0.2) is 13.5 Å². The highest BCUT2D eigenvalue weighted by atomic mass is 35.5. The van der Waals surface area contributed by atoms with Crippen LogP contribution in [0.5, 0.6) is 5.75 Å². The predicted octanol–water partition coefficient (Wildman–Crippen LogP) is 4.21. The first kappa shape index (κ1) is 14.1. The molecule has 0 amide bonds. The molecule has 0 radical (unpaired) electrons. The highest BCUT2D eigenvalue weighted by Crippen LogP contribution is 2.31. The first-order valence-electron chi connectivity index (χ1n) is 5.34. The first-order valence-corrected chi connectivity index (χ1v) is 6.25. The zero-order valence-corrected chi connectivity index (χ0v) is 11.4. The maximum absolute atomic E-state index is 12.9. The minimum atomic E-state index is -2.72. The van der Waals surface area contributed by atoms with Gasteiger partial charge in [0.05, 0.1) is 18.7 Å². The van der Waals surface area contributed by atoms with Gasteiger partial charge in [-0.3, -0.25) is 0 Å². The monoisotopic (exact) mass is 306 g/mol. The molecule has 0 fully saturated rings. The number of methoxy groups -OCH3 is 1. The summed E-state index contributed by atoms with van der Waals surface area (Å²) >= 11 is 11.7. The zero-order chi connectivity index (χ0) is 14.0. The lowest BCUT2D eigenvalue weighted by Crippen LogP contribution is -1.98. The smallest absolute Gasteiger partial charge is 0.282 e. The van der Waals surface area contributed by atoms with Crippen LogP contribution in [-0.2, 0) is 5.88 Å². The van der Waals surface area contributed by atoms with Gasteiger partial charge in [0, 0.05) is 11.6 Å². The van der Waals surface area contributed by atoms with Crippen molar-refractivity contribution in [2.75, 3.05) is 7.11 Å². The Bertz CT molecular complexity index is 587. The average molecular weight is 307 g/mol. The summed E-state index contributed by atoms with van der Waals surface area (Å²) in [7, 11) is 1.51. The molecular formula is C12H10Cl2F2N2O. The van der Waals surface area contributed by atoms with Crippen molar-refractivity contribution >= 4 is 23.2 Å². The van der Waals surface area contributed by atoms with E-state index in [0.29, 0.717) is 11.4 Å². The van der Waals surface area contributed by atoms with Crippen molar-refractivity contribution < 1.29 is 13.5 Å². The Labute approximate surface area is 118 Å². The van der Waals surface area contributed by atoms with Gasteiger partial charge in [-0.2, -0.15) is 5.10 Å². The molecule has 0 aliphatic heterocycles. The second-order valence-electron chi connectivity index (χ2n) is 3.70. The number of alkyl halides is 3. The number of ether oxygens (including phenoxy) is 1. The number of benzene rings is 1. The van der Waals surface area contributed by atoms with Crippen LogP contribution in [0.1, 0.15) is 17.7 Å². The molecule has 7 heteroatoms. The molecule has 19 heavy (non-hydrogen) atoms. The molecule has 0 N–H and O–H groups in total. The Kier molecular flexibility index (Phi) is 4.27. The lowest BCUT2D eigenvalue weighted by Gasteiger charge is -2.05. The largest absolute Gasteiger partial charge is 0.497 e. The topological polar surface area (TPSA) is 27.1 Å². The Hall–Kier alpha value is -1.33. The average Bonchev–Trinajstić information content (AvgIpc) is 2.76. The molecule has 0 bridgehead atoms. The maximum Gasteiger partial charge on any atom is 0.282 e. The molecule has 0 atom stereocenters. The molecule has 0 aliphatic rings. The van der Waals surface area contributed by atoms with E-state index < -0.39 is 12.1 Å². The summed E-state index contributed by atoms with van der Waals surface area (Å²) in [6, 6.07) is 6.78. The molecule has 2 aromatic rings. The van der Waals surface area contributed by atoms with Gasteiger partial charge >= 0.3 is 0 Å². The summed E-state index contributed by atoms with van der Waals surface area (Å²) in [4.78, 5) is 0. The first-order chi connectivity index (χ1) is 9.08. The summed E-state index contributed by atoms with van der Waals surface area (Å²) in [5.41, 5.74) is 0.270. The van der Waals surface area contributed by atoms with Gasteiger partial charge in [-0.1, -0.05) is 17.7 Å². The summed E-state index contributed by atoms with van der Waals surface area (Å²) in [6.07, 6.45) is -2.72. The van der Waals surface area contributed by atoms with E-state index in [4.69, 9.17) is 27.9 Å². The van der Waals surface area contributed by atoms with E-state index in [1.54, 1.807) is 24.3 Å². The minimum absolute atomic E-state index is 0.0820. The number of hydrogen-bond donors (Lipinski definition) is 0. The van der Waals surface area contributed by atoms with Crippen molar-refractivity contribution in [3.05, 3.63) is 40.7 Å². The van der Waals surface area contributed by atoms with E-state index in [1.807, 2.05) is 0 Å². The molecule has 0 aliphatic carbocycles. The number of halogens is 4. The third-order valence-corrected chi connectivity index (χ3v) is 3.25. The molecule has 1 aromatic heterocycles. The number of nitrogens with zero attached hydrogens (tertiary/aromatic N) is 2. The van der Waals surface area contributed by atoms with Crippen LogP contribution in [-0.4, -0.2) is 16.9 Å². The number of aromatic nitrogens is 2. The lowest BCUT2D eigenvalue weighted by molar-refractivity contribution is 0.144. The summed E-state index contributed by atoms with van der Waals surface area (Å²) in [5.74, 6) is 0.456. The molecular weight excluding hydrogens is 297 g/mol. The third kappa shape index (κ3) is 2.67. The van der Waals surface area contributed by atoms with Crippen molar-refractivity contribution in [2.24, 2.45) is 0 Å². The van der Waals surface area contributed by atoms with Gasteiger partial charge < -0.3 is 4.74 Å². The molecule has 0 saturated heterocycles. The summed E-state index contributed by atoms with van der Waals surface area (Å²) in [6.45, 7) is 0. The van der Waals surface area contributed by atoms with E-state index in [1.165, 1.54) is 11.8 Å². The summed E-state index contributed by atoms with van der Waals surface area (Å²) in [5, 5.41) is 3.90.